The quantitative estimate of drug-likeness (QED) is 0.509. The molecule has 0 aromatic rings. The molecule has 0 amide bonds. The van der Waals surface area contributed by atoms with Crippen LogP contribution in [0.3, 0.4) is 0 Å². The highest BCUT2D eigenvalue weighted by atomic mass is 16.5. The van der Waals surface area contributed by atoms with Crippen LogP contribution in [0.4, 0.5) is 0 Å². The van der Waals surface area contributed by atoms with Crippen LogP contribution in [0.2, 0.25) is 0 Å². The maximum atomic E-state index is 11.2. The summed E-state index contributed by atoms with van der Waals surface area (Å²) in [6.45, 7) is 5.29. The van der Waals surface area contributed by atoms with Gasteiger partial charge in [0.1, 0.15) is 6.61 Å². The third-order valence-corrected chi connectivity index (χ3v) is 2.68. The second-order valence-corrected chi connectivity index (χ2v) is 3.98. The summed E-state index contributed by atoms with van der Waals surface area (Å²) in [5.74, 6) is -1.12. The first-order valence-corrected chi connectivity index (χ1v) is 5.88. The number of nitrogens with zero attached hydrogens (tertiary/aromatic N) is 1. The van der Waals surface area contributed by atoms with Crippen molar-refractivity contribution in [2.24, 2.45) is 0 Å². The van der Waals surface area contributed by atoms with E-state index in [1.54, 1.807) is 0 Å². The molecule has 102 valence electrons. The van der Waals surface area contributed by atoms with Gasteiger partial charge in [-0.3, -0.25) is 4.90 Å². The van der Waals surface area contributed by atoms with Crippen molar-refractivity contribution in [3.63, 3.8) is 0 Å². The Morgan fingerprint density at radius 2 is 2.11 bits per heavy atom. The molecule has 1 atom stereocenters. The molecular formula is C12H19NO5. The third kappa shape index (κ3) is 5.29. The molecule has 1 unspecified atom stereocenters. The van der Waals surface area contributed by atoms with E-state index in [1.165, 1.54) is 7.11 Å². The lowest BCUT2D eigenvalue weighted by atomic mass is 10.2. The highest BCUT2D eigenvalue weighted by Crippen LogP contribution is 2.05. The second kappa shape index (κ2) is 7.84. The number of carbonyl (C=O) groups is 2. The van der Waals surface area contributed by atoms with E-state index in [-0.39, 0.29) is 0 Å². The molecule has 0 aromatic carbocycles. The smallest absolute Gasteiger partial charge is 0.331 e. The Bertz CT molecular complexity index is 316. The zero-order valence-corrected chi connectivity index (χ0v) is 10.8. The van der Waals surface area contributed by atoms with E-state index in [2.05, 4.69) is 16.6 Å². The summed E-state index contributed by atoms with van der Waals surface area (Å²) in [6, 6.07) is 0.336. The van der Waals surface area contributed by atoms with Gasteiger partial charge in [0.25, 0.3) is 0 Å². The number of carbonyl (C=O) groups excluding carboxylic acids is 2. The summed E-state index contributed by atoms with van der Waals surface area (Å²) in [5.41, 5.74) is 0. The molecule has 1 rings (SSSR count). The van der Waals surface area contributed by atoms with Gasteiger partial charge in [0, 0.05) is 31.3 Å². The summed E-state index contributed by atoms with van der Waals surface area (Å²) in [6.07, 6.45) is 2.11. The SMILES string of the molecule is COC(=O)/C=C/C(=O)OCCN1CCOCC1C. The Hall–Kier alpha value is -1.40. The Kier molecular flexibility index (Phi) is 6.38. The minimum atomic E-state index is -0.575. The van der Waals surface area contributed by atoms with Gasteiger partial charge in [0.2, 0.25) is 0 Å². The van der Waals surface area contributed by atoms with Crippen LogP contribution in [-0.4, -0.2) is 62.9 Å². The molecule has 1 aliphatic heterocycles. The second-order valence-electron chi connectivity index (χ2n) is 3.98. The average Bonchev–Trinajstić information content (AvgIpc) is 2.38. The summed E-state index contributed by atoms with van der Waals surface area (Å²) in [7, 11) is 1.25. The van der Waals surface area contributed by atoms with Gasteiger partial charge in [-0.05, 0) is 6.92 Å². The Morgan fingerprint density at radius 1 is 1.39 bits per heavy atom. The van der Waals surface area contributed by atoms with E-state index in [1.807, 2.05) is 0 Å². The van der Waals surface area contributed by atoms with E-state index in [9.17, 15) is 9.59 Å². The lowest BCUT2D eigenvalue weighted by molar-refractivity contribution is -0.140. The number of ether oxygens (including phenoxy) is 3. The minimum Gasteiger partial charge on any atom is -0.466 e. The zero-order chi connectivity index (χ0) is 13.4. The van der Waals surface area contributed by atoms with Crippen LogP contribution in [0, 0.1) is 0 Å². The van der Waals surface area contributed by atoms with Crippen LogP contribution in [0.25, 0.3) is 0 Å². The largest absolute Gasteiger partial charge is 0.466 e. The van der Waals surface area contributed by atoms with Gasteiger partial charge >= 0.3 is 11.9 Å². The molecule has 6 heteroatoms. The molecule has 6 nitrogen and oxygen atoms in total. The molecule has 0 N–H and O–H groups in total. The molecule has 1 heterocycles. The monoisotopic (exact) mass is 257 g/mol. The van der Waals surface area contributed by atoms with Gasteiger partial charge in [0.15, 0.2) is 0 Å². The van der Waals surface area contributed by atoms with Crippen LogP contribution in [0.15, 0.2) is 12.2 Å². The molecular weight excluding hydrogens is 238 g/mol. The average molecular weight is 257 g/mol. The predicted octanol–water partition coefficient (Wildman–Crippen LogP) is -0.0205. The van der Waals surface area contributed by atoms with Crippen LogP contribution < -0.4 is 0 Å². The number of rotatable bonds is 5. The van der Waals surface area contributed by atoms with Crippen LogP contribution in [-0.2, 0) is 23.8 Å². The van der Waals surface area contributed by atoms with E-state index < -0.39 is 11.9 Å². The summed E-state index contributed by atoms with van der Waals surface area (Å²) >= 11 is 0. The fourth-order valence-corrected chi connectivity index (χ4v) is 1.61. The van der Waals surface area contributed by atoms with Crippen molar-refractivity contribution >= 4 is 11.9 Å². The van der Waals surface area contributed by atoms with Crippen molar-refractivity contribution in [2.45, 2.75) is 13.0 Å². The van der Waals surface area contributed by atoms with Crippen molar-refractivity contribution in [3.8, 4) is 0 Å². The molecule has 1 fully saturated rings. The Morgan fingerprint density at radius 3 is 2.78 bits per heavy atom. The molecule has 18 heavy (non-hydrogen) atoms. The summed E-state index contributed by atoms with van der Waals surface area (Å²) in [4.78, 5) is 24.2. The number of hydrogen-bond acceptors (Lipinski definition) is 6. The maximum absolute atomic E-state index is 11.2. The molecule has 0 radical (unpaired) electrons. The lowest BCUT2D eigenvalue weighted by Crippen LogP contribution is -2.45. The number of hydrogen-bond donors (Lipinski definition) is 0. The first kappa shape index (κ1) is 14.7. The predicted molar refractivity (Wildman–Crippen MR) is 64.0 cm³/mol. The minimum absolute atomic E-state index is 0.300. The molecule has 0 aliphatic carbocycles. The van der Waals surface area contributed by atoms with Gasteiger partial charge in [0.05, 0.1) is 20.3 Å². The van der Waals surface area contributed by atoms with Crippen molar-refractivity contribution in [1.29, 1.82) is 0 Å². The lowest BCUT2D eigenvalue weighted by Gasteiger charge is -2.32. The van der Waals surface area contributed by atoms with Gasteiger partial charge < -0.3 is 14.2 Å². The highest BCUT2D eigenvalue weighted by Gasteiger charge is 2.18. The Labute approximate surface area is 106 Å². The topological polar surface area (TPSA) is 65.1 Å². The molecule has 1 saturated heterocycles. The van der Waals surface area contributed by atoms with Gasteiger partial charge in [-0.2, -0.15) is 0 Å². The molecule has 0 spiro atoms. The fraction of sp³-hybridized carbons (Fsp3) is 0.667. The maximum Gasteiger partial charge on any atom is 0.331 e. The zero-order valence-electron chi connectivity index (χ0n) is 10.8. The van der Waals surface area contributed by atoms with Crippen LogP contribution >= 0.6 is 0 Å². The molecule has 0 saturated carbocycles. The fourth-order valence-electron chi connectivity index (χ4n) is 1.61. The standard InChI is InChI=1S/C12H19NO5/c1-10-9-17-7-5-13(10)6-8-18-12(15)4-3-11(14)16-2/h3-4,10H,5-9H2,1-2H3/b4-3+. The van der Waals surface area contributed by atoms with E-state index >= 15 is 0 Å². The Balaban J connectivity index is 2.18. The van der Waals surface area contributed by atoms with Gasteiger partial charge in [-0.1, -0.05) is 0 Å². The van der Waals surface area contributed by atoms with Crippen molar-refractivity contribution < 1.29 is 23.8 Å². The van der Waals surface area contributed by atoms with Crippen LogP contribution in [0.5, 0.6) is 0 Å². The molecule has 1 aliphatic rings. The van der Waals surface area contributed by atoms with E-state index in [0.717, 1.165) is 18.7 Å². The number of esters is 2. The van der Waals surface area contributed by atoms with Gasteiger partial charge in [-0.25, -0.2) is 9.59 Å². The number of morpholine rings is 1. The van der Waals surface area contributed by atoms with E-state index in [4.69, 9.17) is 9.47 Å². The van der Waals surface area contributed by atoms with E-state index in [0.29, 0.717) is 32.4 Å². The summed E-state index contributed by atoms with van der Waals surface area (Å²) in [5, 5.41) is 0. The highest BCUT2D eigenvalue weighted by molar-refractivity contribution is 5.91. The van der Waals surface area contributed by atoms with Gasteiger partial charge in [-0.15, -0.1) is 0 Å². The first-order chi connectivity index (χ1) is 8.63. The molecule has 0 bridgehead atoms. The molecule has 0 aromatic heterocycles. The van der Waals surface area contributed by atoms with Crippen molar-refractivity contribution in [1.82, 2.24) is 4.90 Å². The van der Waals surface area contributed by atoms with Crippen molar-refractivity contribution in [3.05, 3.63) is 12.2 Å². The summed E-state index contributed by atoms with van der Waals surface area (Å²) < 4.78 is 14.6. The van der Waals surface area contributed by atoms with Crippen molar-refractivity contribution in [2.75, 3.05) is 40.0 Å². The number of methoxy groups -OCH3 is 1. The third-order valence-electron chi connectivity index (χ3n) is 2.68. The van der Waals surface area contributed by atoms with Crippen LogP contribution in [0.1, 0.15) is 6.92 Å². The first-order valence-electron chi connectivity index (χ1n) is 5.88. The normalized spacial score (nSPS) is 20.9.